The maximum atomic E-state index is 11.6. The zero-order valence-corrected chi connectivity index (χ0v) is 13.2. The van der Waals surface area contributed by atoms with E-state index >= 15 is 0 Å². The summed E-state index contributed by atoms with van der Waals surface area (Å²) >= 11 is 0. The molecule has 1 amide bonds. The van der Waals surface area contributed by atoms with E-state index in [-0.39, 0.29) is 0 Å². The number of benzene rings is 1. The van der Waals surface area contributed by atoms with Crippen molar-refractivity contribution in [2.24, 2.45) is 0 Å². The molecule has 118 valence electrons. The van der Waals surface area contributed by atoms with Gasteiger partial charge in [0.2, 0.25) is 5.88 Å². The van der Waals surface area contributed by atoms with Crippen LogP contribution in [0, 0.1) is 11.3 Å². The topological polar surface area (TPSA) is 84.2 Å². The summed E-state index contributed by atoms with van der Waals surface area (Å²) in [4.78, 5) is 15.8. The average molecular weight is 311 g/mol. The molecule has 0 saturated heterocycles. The van der Waals surface area contributed by atoms with E-state index in [9.17, 15) is 4.79 Å². The number of hydrogen-bond acceptors (Lipinski definition) is 5. The van der Waals surface area contributed by atoms with E-state index in [2.05, 4.69) is 10.3 Å². The molecular formula is C17H17N3O3. The quantitative estimate of drug-likeness (QED) is 0.922. The van der Waals surface area contributed by atoms with Crippen molar-refractivity contribution in [3.63, 3.8) is 0 Å². The monoisotopic (exact) mass is 311 g/mol. The van der Waals surface area contributed by atoms with Crippen LogP contribution >= 0.6 is 0 Å². The van der Waals surface area contributed by atoms with Gasteiger partial charge in [-0.1, -0.05) is 0 Å². The van der Waals surface area contributed by atoms with E-state index in [0.717, 1.165) is 0 Å². The maximum absolute atomic E-state index is 11.6. The fraction of sp³-hybridized carbons (Fsp3) is 0.235. The molecule has 0 bridgehead atoms. The Labute approximate surface area is 134 Å². The number of ether oxygens (including phenoxy) is 2. The SMILES string of the molecule is CC(C)(C)OC(=O)Nc1ccc(Oc2ccc(C#N)cc2)nc1. The fourth-order valence-electron chi connectivity index (χ4n) is 1.65. The first-order chi connectivity index (χ1) is 10.9. The van der Waals surface area contributed by atoms with E-state index < -0.39 is 11.7 Å². The Hall–Kier alpha value is -3.07. The number of carbonyl (C=O) groups is 1. The number of nitrogens with zero attached hydrogens (tertiary/aromatic N) is 2. The van der Waals surface area contributed by atoms with E-state index in [4.69, 9.17) is 14.7 Å². The fourth-order valence-corrected chi connectivity index (χ4v) is 1.65. The van der Waals surface area contributed by atoms with Gasteiger partial charge in [0.1, 0.15) is 11.4 Å². The lowest BCUT2D eigenvalue weighted by Crippen LogP contribution is -2.27. The van der Waals surface area contributed by atoms with Gasteiger partial charge < -0.3 is 9.47 Å². The third kappa shape index (κ3) is 5.32. The maximum Gasteiger partial charge on any atom is 0.412 e. The number of nitriles is 1. The molecule has 1 aromatic carbocycles. The molecule has 0 fully saturated rings. The standard InChI is InChI=1S/C17H17N3O3/c1-17(2,3)23-16(21)20-13-6-9-15(19-11-13)22-14-7-4-12(10-18)5-8-14/h4-9,11H,1-3H3,(H,20,21). The molecule has 23 heavy (non-hydrogen) atoms. The molecule has 0 saturated carbocycles. The molecule has 0 aliphatic heterocycles. The summed E-state index contributed by atoms with van der Waals surface area (Å²) in [5.41, 5.74) is 0.504. The van der Waals surface area contributed by atoms with Crippen LogP contribution in [0.25, 0.3) is 0 Å². The predicted octanol–water partition coefficient (Wildman–Crippen LogP) is 4.09. The number of aromatic nitrogens is 1. The number of carbonyl (C=O) groups excluding carboxylic acids is 1. The average Bonchev–Trinajstić information content (AvgIpc) is 2.48. The highest BCUT2D eigenvalue weighted by molar-refractivity contribution is 5.84. The van der Waals surface area contributed by atoms with Crippen molar-refractivity contribution in [1.82, 2.24) is 4.98 Å². The Kier molecular flexibility index (Phi) is 4.82. The molecule has 1 heterocycles. The summed E-state index contributed by atoms with van der Waals surface area (Å²) in [6.07, 6.45) is 0.933. The van der Waals surface area contributed by atoms with Crippen LogP contribution in [-0.2, 0) is 4.74 Å². The number of anilines is 1. The Morgan fingerprint density at radius 2 is 1.87 bits per heavy atom. The van der Waals surface area contributed by atoms with Crippen LogP contribution < -0.4 is 10.1 Å². The smallest absolute Gasteiger partial charge is 0.412 e. The van der Waals surface area contributed by atoms with Crippen LogP contribution in [0.15, 0.2) is 42.6 Å². The highest BCUT2D eigenvalue weighted by atomic mass is 16.6. The van der Waals surface area contributed by atoms with Crippen LogP contribution in [0.5, 0.6) is 11.6 Å². The summed E-state index contributed by atoms with van der Waals surface area (Å²) in [7, 11) is 0. The van der Waals surface area contributed by atoms with Gasteiger partial charge in [0.15, 0.2) is 0 Å². The lowest BCUT2D eigenvalue weighted by atomic mass is 10.2. The number of hydrogen-bond donors (Lipinski definition) is 1. The van der Waals surface area contributed by atoms with Crippen LogP contribution in [-0.4, -0.2) is 16.7 Å². The Morgan fingerprint density at radius 3 is 2.39 bits per heavy atom. The van der Waals surface area contributed by atoms with Gasteiger partial charge in [-0.3, -0.25) is 5.32 Å². The van der Waals surface area contributed by atoms with E-state index in [1.54, 1.807) is 57.2 Å². The van der Waals surface area contributed by atoms with E-state index in [1.807, 2.05) is 6.07 Å². The highest BCUT2D eigenvalue weighted by Gasteiger charge is 2.16. The first-order valence-corrected chi connectivity index (χ1v) is 7.00. The lowest BCUT2D eigenvalue weighted by molar-refractivity contribution is 0.0636. The molecule has 0 radical (unpaired) electrons. The molecule has 1 N–H and O–H groups in total. The summed E-state index contributed by atoms with van der Waals surface area (Å²) in [5.74, 6) is 0.953. The molecule has 0 aliphatic rings. The molecule has 6 nitrogen and oxygen atoms in total. The summed E-state index contributed by atoms with van der Waals surface area (Å²) in [5, 5.41) is 11.3. The molecule has 0 aliphatic carbocycles. The van der Waals surface area contributed by atoms with Gasteiger partial charge in [-0.15, -0.1) is 0 Å². The van der Waals surface area contributed by atoms with Crippen molar-refractivity contribution in [2.75, 3.05) is 5.32 Å². The van der Waals surface area contributed by atoms with Crippen molar-refractivity contribution in [2.45, 2.75) is 26.4 Å². The van der Waals surface area contributed by atoms with Gasteiger partial charge in [0.05, 0.1) is 23.5 Å². The number of pyridine rings is 1. The minimum atomic E-state index is -0.559. The molecule has 2 aromatic rings. The Balaban J connectivity index is 1.96. The van der Waals surface area contributed by atoms with Gasteiger partial charge in [0, 0.05) is 6.07 Å². The molecule has 0 atom stereocenters. The second-order valence-electron chi connectivity index (χ2n) is 5.75. The highest BCUT2D eigenvalue weighted by Crippen LogP contribution is 2.21. The predicted molar refractivity (Wildman–Crippen MR) is 85.3 cm³/mol. The normalized spacial score (nSPS) is 10.5. The summed E-state index contributed by atoms with van der Waals surface area (Å²) in [6, 6.07) is 12.0. The molecule has 0 spiro atoms. The molecule has 2 rings (SSSR count). The third-order valence-electron chi connectivity index (χ3n) is 2.59. The van der Waals surface area contributed by atoms with Crippen molar-refractivity contribution < 1.29 is 14.3 Å². The first-order valence-electron chi connectivity index (χ1n) is 7.00. The van der Waals surface area contributed by atoms with Gasteiger partial charge in [-0.05, 0) is 51.1 Å². The summed E-state index contributed by atoms with van der Waals surface area (Å²) in [6.45, 7) is 5.37. The number of rotatable bonds is 3. The van der Waals surface area contributed by atoms with E-state index in [1.165, 1.54) is 6.20 Å². The van der Waals surface area contributed by atoms with Crippen LogP contribution in [0.3, 0.4) is 0 Å². The van der Waals surface area contributed by atoms with Crippen LogP contribution in [0.4, 0.5) is 10.5 Å². The number of amides is 1. The molecule has 1 aromatic heterocycles. The van der Waals surface area contributed by atoms with Crippen LogP contribution in [0.1, 0.15) is 26.3 Å². The van der Waals surface area contributed by atoms with E-state index in [0.29, 0.717) is 22.9 Å². The van der Waals surface area contributed by atoms with Crippen molar-refractivity contribution in [3.05, 3.63) is 48.2 Å². The van der Waals surface area contributed by atoms with Gasteiger partial charge in [-0.25, -0.2) is 9.78 Å². The zero-order valence-electron chi connectivity index (χ0n) is 13.2. The third-order valence-corrected chi connectivity index (χ3v) is 2.59. The largest absolute Gasteiger partial charge is 0.444 e. The molecule has 0 unspecified atom stereocenters. The first kappa shape index (κ1) is 16.3. The Bertz CT molecular complexity index is 711. The van der Waals surface area contributed by atoms with Crippen molar-refractivity contribution >= 4 is 11.8 Å². The molecule has 6 heteroatoms. The van der Waals surface area contributed by atoms with Crippen LogP contribution in [0.2, 0.25) is 0 Å². The number of nitrogens with one attached hydrogen (secondary N) is 1. The second-order valence-corrected chi connectivity index (χ2v) is 5.75. The molecular weight excluding hydrogens is 294 g/mol. The lowest BCUT2D eigenvalue weighted by Gasteiger charge is -2.19. The minimum absolute atomic E-state index is 0.379. The van der Waals surface area contributed by atoms with Gasteiger partial charge in [0.25, 0.3) is 0 Å². The summed E-state index contributed by atoms with van der Waals surface area (Å²) < 4.78 is 10.7. The Morgan fingerprint density at radius 1 is 1.17 bits per heavy atom. The minimum Gasteiger partial charge on any atom is -0.444 e. The van der Waals surface area contributed by atoms with Gasteiger partial charge >= 0.3 is 6.09 Å². The second kappa shape index (κ2) is 6.79. The zero-order chi connectivity index (χ0) is 16.9. The van der Waals surface area contributed by atoms with Crippen molar-refractivity contribution in [1.29, 1.82) is 5.26 Å². The van der Waals surface area contributed by atoms with Crippen molar-refractivity contribution in [3.8, 4) is 17.7 Å². The van der Waals surface area contributed by atoms with Gasteiger partial charge in [-0.2, -0.15) is 5.26 Å².